The van der Waals surface area contributed by atoms with Crippen LogP contribution in [-0.2, 0) is 9.59 Å². The van der Waals surface area contributed by atoms with Crippen LogP contribution in [0.15, 0.2) is 30.3 Å². The van der Waals surface area contributed by atoms with Crippen molar-refractivity contribution in [3.8, 4) is 0 Å². The van der Waals surface area contributed by atoms with Gasteiger partial charge >= 0.3 is 0 Å². The topological polar surface area (TPSA) is 90.5 Å². The highest BCUT2D eigenvalue weighted by Crippen LogP contribution is 2.09. The van der Waals surface area contributed by atoms with E-state index in [1.165, 1.54) is 32.4 Å². The van der Waals surface area contributed by atoms with E-state index < -0.39 is 0 Å². The third-order valence-electron chi connectivity index (χ3n) is 3.95. The first-order chi connectivity index (χ1) is 12.2. The largest absolute Gasteiger partial charge is 0.326 e. The summed E-state index contributed by atoms with van der Waals surface area (Å²) in [5.41, 5.74) is 2.41. The van der Waals surface area contributed by atoms with E-state index in [4.69, 9.17) is 5.21 Å². The van der Waals surface area contributed by atoms with E-state index in [-0.39, 0.29) is 11.8 Å². The first kappa shape index (κ1) is 21.1. The average molecular weight is 349 g/mol. The molecule has 0 aliphatic carbocycles. The van der Waals surface area contributed by atoms with Crippen molar-refractivity contribution >= 4 is 17.5 Å². The highest BCUT2D eigenvalue weighted by molar-refractivity contribution is 5.90. The molecule has 0 spiro atoms. The van der Waals surface area contributed by atoms with Crippen molar-refractivity contribution in [2.24, 2.45) is 0 Å². The molecule has 0 saturated carbocycles. The number of hydrogen-bond acceptors (Lipinski definition) is 4. The Hall–Kier alpha value is -1.92. The van der Waals surface area contributed by atoms with Crippen molar-refractivity contribution in [2.45, 2.75) is 57.8 Å². The normalized spacial score (nSPS) is 13.3. The lowest BCUT2D eigenvalue weighted by atomic mass is 10.1. The van der Waals surface area contributed by atoms with Gasteiger partial charge in [-0.2, -0.15) is 0 Å². The third kappa shape index (κ3) is 12.1. The predicted molar refractivity (Wildman–Crippen MR) is 99.4 cm³/mol. The summed E-state index contributed by atoms with van der Waals surface area (Å²) in [4.78, 5) is 22.3. The van der Waals surface area contributed by atoms with Crippen molar-refractivity contribution in [1.82, 2.24) is 10.8 Å². The van der Waals surface area contributed by atoms with Gasteiger partial charge < -0.3 is 10.6 Å². The van der Waals surface area contributed by atoms with Crippen LogP contribution in [0.4, 0.5) is 5.69 Å². The molecule has 0 bridgehead atoms. The van der Waals surface area contributed by atoms with Gasteiger partial charge in [0.25, 0.3) is 0 Å². The molecule has 0 radical (unpaired) electrons. The van der Waals surface area contributed by atoms with E-state index in [2.05, 4.69) is 10.6 Å². The Morgan fingerprint density at radius 3 is 1.96 bits per heavy atom. The number of carbonyl (C=O) groups excluding carboxylic acids is 2. The zero-order chi connectivity index (χ0) is 18.2. The van der Waals surface area contributed by atoms with Gasteiger partial charge in [0.2, 0.25) is 11.8 Å². The van der Waals surface area contributed by atoms with Crippen LogP contribution >= 0.6 is 0 Å². The quantitative estimate of drug-likeness (QED) is 0.329. The van der Waals surface area contributed by atoms with Gasteiger partial charge in [0.15, 0.2) is 0 Å². The molecule has 25 heavy (non-hydrogen) atoms. The molecule has 4 N–H and O–H groups in total. The van der Waals surface area contributed by atoms with Crippen LogP contribution < -0.4 is 16.1 Å². The molecule has 140 valence electrons. The average Bonchev–Trinajstić information content (AvgIpc) is 2.67. The van der Waals surface area contributed by atoms with Crippen molar-refractivity contribution in [3.63, 3.8) is 0 Å². The molecule has 6 heteroatoms. The maximum absolute atomic E-state index is 11.6. The van der Waals surface area contributed by atoms with Gasteiger partial charge in [-0.3, -0.25) is 14.8 Å². The molecule has 0 aromatic heterocycles. The molecule has 2 amide bonds. The minimum atomic E-state index is -0.359. The SMILES string of the molecule is C1CCNCC1.O=C(CCCCCCC(=O)Nc1ccccc1)NO. The van der Waals surface area contributed by atoms with Gasteiger partial charge in [-0.25, -0.2) is 5.48 Å². The highest BCUT2D eigenvalue weighted by Gasteiger charge is 2.02. The number of nitrogens with one attached hydrogen (secondary N) is 3. The molecule has 1 aromatic carbocycles. The number of rotatable bonds is 8. The molecular formula is C19H31N3O3. The smallest absolute Gasteiger partial charge is 0.243 e. The Kier molecular flexibility index (Phi) is 12.2. The molecule has 6 nitrogen and oxygen atoms in total. The van der Waals surface area contributed by atoms with Crippen LogP contribution in [0.25, 0.3) is 0 Å². The van der Waals surface area contributed by atoms with Gasteiger partial charge in [0.1, 0.15) is 0 Å². The molecule has 1 aliphatic heterocycles. The van der Waals surface area contributed by atoms with Crippen LogP contribution in [0.3, 0.4) is 0 Å². The Morgan fingerprint density at radius 2 is 1.48 bits per heavy atom. The number of amides is 2. The third-order valence-corrected chi connectivity index (χ3v) is 3.95. The van der Waals surface area contributed by atoms with Crippen molar-refractivity contribution < 1.29 is 14.8 Å². The number of unbranched alkanes of at least 4 members (excludes halogenated alkanes) is 3. The molecule has 1 aromatic rings. The van der Waals surface area contributed by atoms with Crippen LogP contribution in [0.1, 0.15) is 57.8 Å². The number of piperidine rings is 1. The Balaban J connectivity index is 0.000000435. The maximum atomic E-state index is 11.6. The number of benzene rings is 1. The maximum Gasteiger partial charge on any atom is 0.243 e. The summed E-state index contributed by atoms with van der Waals surface area (Å²) in [6.45, 7) is 2.50. The van der Waals surface area contributed by atoms with E-state index >= 15 is 0 Å². The van der Waals surface area contributed by atoms with E-state index in [1.807, 2.05) is 30.3 Å². The second-order valence-electron chi connectivity index (χ2n) is 6.17. The summed E-state index contributed by atoms with van der Waals surface area (Å²) in [6, 6.07) is 9.36. The van der Waals surface area contributed by atoms with Gasteiger partial charge in [0, 0.05) is 18.5 Å². The van der Waals surface area contributed by atoms with E-state index in [0.717, 1.165) is 31.4 Å². The summed E-state index contributed by atoms with van der Waals surface area (Å²) in [5, 5.41) is 14.4. The number of para-hydroxylation sites is 1. The second-order valence-corrected chi connectivity index (χ2v) is 6.17. The summed E-state index contributed by atoms with van der Waals surface area (Å²) in [7, 11) is 0. The van der Waals surface area contributed by atoms with Gasteiger partial charge in [-0.05, 0) is 50.9 Å². The van der Waals surface area contributed by atoms with Crippen LogP contribution in [0.5, 0.6) is 0 Å². The minimum absolute atomic E-state index is 0.0132. The molecule has 1 fully saturated rings. The molecule has 1 heterocycles. The Bertz CT molecular complexity index is 465. The zero-order valence-corrected chi connectivity index (χ0v) is 14.9. The lowest BCUT2D eigenvalue weighted by molar-refractivity contribution is -0.129. The molecule has 0 unspecified atom stereocenters. The Labute approximate surface area is 150 Å². The standard InChI is InChI=1S/C14H20N2O3.C5H11N/c17-13(15-12-8-4-3-5-9-12)10-6-1-2-7-11-14(18)16-19;1-2-4-6-5-3-1/h3-5,8-9,19H,1-2,6-7,10-11H2,(H,15,17)(H,16,18);6H,1-5H2. The number of carbonyl (C=O) groups is 2. The Morgan fingerprint density at radius 1 is 0.880 bits per heavy atom. The van der Waals surface area contributed by atoms with E-state index in [9.17, 15) is 9.59 Å². The van der Waals surface area contributed by atoms with E-state index in [0.29, 0.717) is 12.8 Å². The lowest BCUT2D eigenvalue weighted by Crippen LogP contribution is -2.21. The summed E-state index contributed by atoms with van der Waals surface area (Å²) < 4.78 is 0. The van der Waals surface area contributed by atoms with Gasteiger partial charge in [-0.15, -0.1) is 0 Å². The fourth-order valence-electron chi connectivity index (χ4n) is 2.53. The zero-order valence-electron chi connectivity index (χ0n) is 14.9. The minimum Gasteiger partial charge on any atom is -0.326 e. The van der Waals surface area contributed by atoms with Crippen LogP contribution in [-0.4, -0.2) is 30.1 Å². The first-order valence-electron chi connectivity index (χ1n) is 9.21. The lowest BCUT2D eigenvalue weighted by Gasteiger charge is -2.08. The number of anilines is 1. The molecule has 2 rings (SSSR count). The van der Waals surface area contributed by atoms with Gasteiger partial charge in [0.05, 0.1) is 0 Å². The molecule has 1 aliphatic rings. The summed E-state index contributed by atoms with van der Waals surface area (Å²) in [6.07, 6.45) is 8.35. The fourth-order valence-corrected chi connectivity index (χ4v) is 2.53. The van der Waals surface area contributed by atoms with Gasteiger partial charge in [-0.1, -0.05) is 37.5 Å². The number of hydroxylamine groups is 1. The van der Waals surface area contributed by atoms with Crippen LogP contribution in [0, 0.1) is 0 Å². The molecule has 0 atom stereocenters. The number of hydrogen-bond donors (Lipinski definition) is 4. The highest BCUT2D eigenvalue weighted by atomic mass is 16.5. The second kappa shape index (κ2) is 14.4. The first-order valence-corrected chi connectivity index (χ1v) is 9.21. The molecular weight excluding hydrogens is 318 g/mol. The van der Waals surface area contributed by atoms with Crippen molar-refractivity contribution in [3.05, 3.63) is 30.3 Å². The predicted octanol–water partition coefficient (Wildman–Crippen LogP) is 3.23. The fraction of sp³-hybridized carbons (Fsp3) is 0.579. The summed E-state index contributed by atoms with van der Waals surface area (Å²) in [5.74, 6) is -0.346. The van der Waals surface area contributed by atoms with Crippen molar-refractivity contribution in [1.29, 1.82) is 0 Å². The van der Waals surface area contributed by atoms with Crippen molar-refractivity contribution in [2.75, 3.05) is 18.4 Å². The van der Waals surface area contributed by atoms with E-state index in [1.54, 1.807) is 5.48 Å². The van der Waals surface area contributed by atoms with Crippen LogP contribution in [0.2, 0.25) is 0 Å². The summed E-state index contributed by atoms with van der Waals surface area (Å²) >= 11 is 0. The monoisotopic (exact) mass is 349 g/mol. The molecule has 1 saturated heterocycles.